The molecule has 466 valence electrons. The minimum absolute atomic E-state index is 0.0236. The van der Waals surface area contributed by atoms with Gasteiger partial charge < -0.3 is 76.7 Å². The van der Waals surface area contributed by atoms with Crippen molar-refractivity contribution in [3.63, 3.8) is 0 Å². The van der Waals surface area contributed by atoms with Gasteiger partial charge in [0.2, 0.25) is 53.2 Å². The van der Waals surface area contributed by atoms with Gasteiger partial charge in [0.25, 0.3) is 0 Å². The summed E-state index contributed by atoms with van der Waals surface area (Å²) >= 11 is 1.29. The molecule has 0 fully saturated rings. The second-order valence-electron chi connectivity index (χ2n) is 20.0. The number of aliphatic hydroxyl groups is 2. The van der Waals surface area contributed by atoms with Crippen LogP contribution in [0.2, 0.25) is 0 Å². The van der Waals surface area contributed by atoms with Crippen molar-refractivity contribution in [2.45, 2.75) is 102 Å². The summed E-state index contributed by atoms with van der Waals surface area (Å²) in [6.07, 6.45) is 3.18. The van der Waals surface area contributed by atoms with Crippen LogP contribution in [-0.2, 0) is 76.9 Å². The molecule has 11 N–H and O–H groups in total. The molecule has 0 aliphatic carbocycles. The minimum atomic E-state index is -1.80. The number of amides is 9. The van der Waals surface area contributed by atoms with Crippen LogP contribution in [0.25, 0.3) is 0 Å². The summed E-state index contributed by atoms with van der Waals surface area (Å²) in [6, 6.07) is 12.8. The number of ether oxygens (including phenoxy) is 1. The zero-order chi connectivity index (χ0) is 63.3. The number of nitrogens with zero attached hydrogens (tertiary/aromatic N) is 4. The molecule has 1 heterocycles. The van der Waals surface area contributed by atoms with Crippen LogP contribution in [-0.4, -0.2) is 211 Å². The lowest BCUT2D eigenvalue weighted by Gasteiger charge is -2.33. The number of aromatic nitrogens is 2. The highest BCUT2D eigenvalue weighted by molar-refractivity contribution is 7.98. The summed E-state index contributed by atoms with van der Waals surface area (Å²) in [5.41, 5.74) is 2.05. The first-order valence-corrected chi connectivity index (χ1v) is 28.9. The maximum absolute atomic E-state index is 14.5. The van der Waals surface area contributed by atoms with Crippen molar-refractivity contribution in [3.05, 3.63) is 120 Å². The number of carbonyl (C=O) groups excluding carboxylic acids is 10. The highest BCUT2D eigenvalue weighted by Gasteiger charge is 2.35. The smallest absolute Gasteiger partial charge is 0.303 e. The van der Waals surface area contributed by atoms with Gasteiger partial charge in [-0.3, -0.25) is 52.7 Å². The predicted octanol–water partition coefficient (Wildman–Crippen LogP) is -0.886. The van der Waals surface area contributed by atoms with E-state index in [9.17, 15) is 73.2 Å². The number of H-pyrrole nitrogens is 1. The fourth-order valence-electron chi connectivity index (χ4n) is 8.63. The molecular weight excluding hydrogens is 1140 g/mol. The number of aliphatic hydroxyl groups excluding tert-OH is 2. The lowest BCUT2D eigenvalue weighted by molar-refractivity contribution is -0.146. The van der Waals surface area contributed by atoms with Gasteiger partial charge in [-0.25, -0.2) is 4.98 Å². The molecule has 4 rings (SSSR count). The number of Topliss-reactive ketones (excluding diaryl/α,β-unsaturated/α-hetero) is 1. The minimum Gasteiger partial charge on any atom is -0.508 e. The van der Waals surface area contributed by atoms with Crippen LogP contribution in [0.4, 0.5) is 0 Å². The number of aromatic hydroxyl groups is 1. The molecule has 9 amide bonds. The largest absolute Gasteiger partial charge is 0.508 e. The number of nitrogens with one attached hydrogen (secondary N) is 7. The van der Waals surface area contributed by atoms with Crippen LogP contribution in [0.5, 0.6) is 5.75 Å². The molecule has 86 heavy (non-hydrogen) atoms. The van der Waals surface area contributed by atoms with Crippen LogP contribution in [0, 0.1) is 0 Å². The third-order valence-electron chi connectivity index (χ3n) is 13.6. The lowest BCUT2D eigenvalue weighted by atomic mass is 10.0. The van der Waals surface area contributed by atoms with E-state index in [-0.39, 0.29) is 57.0 Å². The number of hydrogen-bond donors (Lipinski definition) is 11. The van der Waals surface area contributed by atoms with Crippen LogP contribution < -0.4 is 31.9 Å². The Morgan fingerprint density at radius 1 is 0.628 bits per heavy atom. The molecule has 4 aromatic rings. The summed E-state index contributed by atoms with van der Waals surface area (Å²) < 4.78 is 5.12. The maximum Gasteiger partial charge on any atom is 0.303 e. The monoisotopic (exact) mass is 1220 g/mol. The average molecular weight is 1220 g/mol. The SMILES string of the molecule is COCCN(CC(=O)N(CC(=O)N(CC(=O)NC(CO)C(=O)NC(Cc1ccc(O)cc1)C(=O)NC(CO)C(=O)NC(CCSC)C(=O)NC(CCC(=O)O)C(=O)NC(Cc1c[nH]cn1)C(C)=O)C(C)c1ccccc1)Cc1ccccc1)C(C)=O. The first-order chi connectivity index (χ1) is 41.1. The number of phenols is 1. The zero-order valence-corrected chi connectivity index (χ0v) is 49.4. The number of carboxylic acids is 1. The quantitative estimate of drug-likeness (QED) is 0.0261. The number of carbonyl (C=O) groups is 11. The molecule has 0 bridgehead atoms. The Labute approximate surface area is 501 Å². The summed E-state index contributed by atoms with van der Waals surface area (Å²) in [5, 5.41) is 55.2. The Morgan fingerprint density at radius 2 is 1.16 bits per heavy atom. The number of benzene rings is 3. The van der Waals surface area contributed by atoms with Crippen molar-refractivity contribution in [1.29, 1.82) is 0 Å². The molecule has 0 aliphatic rings. The van der Waals surface area contributed by atoms with Gasteiger partial charge in [-0.05, 0) is 67.5 Å². The Hall–Kier alpha value is -8.73. The number of thioether (sulfide) groups is 1. The molecule has 0 spiro atoms. The van der Waals surface area contributed by atoms with Gasteiger partial charge >= 0.3 is 5.97 Å². The molecule has 0 aliphatic heterocycles. The third-order valence-corrected chi connectivity index (χ3v) is 14.2. The van der Waals surface area contributed by atoms with Crippen LogP contribution >= 0.6 is 11.8 Å². The molecule has 27 nitrogen and oxygen atoms in total. The van der Waals surface area contributed by atoms with Gasteiger partial charge in [-0.2, -0.15) is 11.8 Å². The number of rotatable bonds is 37. The van der Waals surface area contributed by atoms with Crippen molar-refractivity contribution < 1.29 is 77.9 Å². The number of hydrogen-bond acceptors (Lipinski definition) is 17. The van der Waals surface area contributed by atoms with Gasteiger partial charge in [0.1, 0.15) is 49.0 Å². The molecule has 0 radical (unpaired) electrons. The van der Waals surface area contributed by atoms with Gasteiger partial charge in [-0.15, -0.1) is 0 Å². The highest BCUT2D eigenvalue weighted by Crippen LogP contribution is 2.21. The van der Waals surface area contributed by atoms with Crippen LogP contribution in [0.3, 0.4) is 0 Å². The van der Waals surface area contributed by atoms with E-state index in [1.807, 2.05) is 0 Å². The first kappa shape index (κ1) is 69.8. The molecule has 3 aromatic carbocycles. The maximum atomic E-state index is 14.5. The Balaban J connectivity index is 1.55. The number of aromatic amines is 1. The number of imidazole rings is 1. The molecule has 28 heteroatoms. The van der Waals surface area contributed by atoms with Gasteiger partial charge in [0, 0.05) is 52.6 Å². The second-order valence-corrected chi connectivity index (χ2v) is 21.0. The van der Waals surface area contributed by atoms with E-state index >= 15 is 0 Å². The topological polar surface area (TPSA) is 388 Å². The predicted molar refractivity (Wildman–Crippen MR) is 313 cm³/mol. The summed E-state index contributed by atoms with van der Waals surface area (Å²) in [6.45, 7) is 0.596. The fraction of sp³-hybridized carbons (Fsp3) is 0.448. The molecule has 0 saturated heterocycles. The van der Waals surface area contributed by atoms with Gasteiger partial charge in [0.15, 0.2) is 5.78 Å². The van der Waals surface area contributed by atoms with Crippen molar-refractivity contribution >= 4 is 76.7 Å². The van der Waals surface area contributed by atoms with E-state index in [0.717, 1.165) is 0 Å². The molecule has 7 unspecified atom stereocenters. The average Bonchev–Trinajstić information content (AvgIpc) is 3.51. The number of carboxylic acid groups (broad SMARTS) is 1. The lowest BCUT2D eigenvalue weighted by Crippen LogP contribution is -2.61. The van der Waals surface area contributed by atoms with Crippen LogP contribution in [0.15, 0.2) is 97.5 Å². The van der Waals surface area contributed by atoms with Gasteiger partial charge in [0.05, 0.1) is 50.5 Å². The van der Waals surface area contributed by atoms with Crippen LogP contribution in [0.1, 0.15) is 68.5 Å². The highest BCUT2D eigenvalue weighted by atomic mass is 32.2. The van der Waals surface area contributed by atoms with E-state index in [0.29, 0.717) is 22.4 Å². The molecule has 7 atom stereocenters. The van der Waals surface area contributed by atoms with E-state index in [2.05, 4.69) is 41.9 Å². The van der Waals surface area contributed by atoms with Crippen molar-refractivity contribution in [3.8, 4) is 5.75 Å². The number of methoxy groups -OCH3 is 1. The van der Waals surface area contributed by atoms with Crippen molar-refractivity contribution in [2.75, 3.05) is 65.1 Å². The second kappa shape index (κ2) is 36.2. The summed E-state index contributed by atoms with van der Waals surface area (Å²) in [7, 11) is 1.45. The number of ketones is 1. The van der Waals surface area contributed by atoms with E-state index in [1.165, 1.54) is 84.2 Å². The van der Waals surface area contributed by atoms with E-state index in [1.54, 1.807) is 73.8 Å². The third kappa shape index (κ3) is 23.4. The summed E-state index contributed by atoms with van der Waals surface area (Å²) in [5.74, 6) is -9.41. The van der Waals surface area contributed by atoms with Gasteiger partial charge in [-0.1, -0.05) is 72.8 Å². The van der Waals surface area contributed by atoms with Crippen molar-refractivity contribution in [2.24, 2.45) is 0 Å². The number of phenolic OH excluding ortho intramolecular Hbond substituents is 1. The van der Waals surface area contributed by atoms with Crippen molar-refractivity contribution in [1.82, 2.24) is 56.6 Å². The number of aliphatic carboxylic acids is 1. The Morgan fingerprint density at radius 3 is 1.71 bits per heavy atom. The molecular formula is C58H77N11O16S. The first-order valence-electron chi connectivity index (χ1n) is 27.5. The standard InChI is InChI=1S/C58H77N11O16S/c1-36(41-14-10-7-11-15-41)69(52(77)32-68(29-40-12-8-6-9-13-40)51(76)31-67(38(3)73)23-24-85-4)30-50(75)61-48(33-70)57(83)65-47(26-39-16-18-43(74)19-17-39)56(82)66-49(34-71)58(84)63-45(22-25-86-5)55(81)62-44(20-21-53(78)79)54(80)64-46(37(2)72)27-42-28-59-35-60-42/h6-19,28,35-36,44-49,70-71,74H,20-27,29-34H2,1-5H3,(H,59,60)(H,61,75)(H,62,81)(H,63,84)(H,64,80)(H,65,83)(H,66,82)(H,78,79). The van der Waals surface area contributed by atoms with E-state index < -0.39 is 146 Å². The molecule has 1 aromatic heterocycles. The summed E-state index contributed by atoms with van der Waals surface area (Å²) in [4.78, 5) is 160. The molecule has 0 saturated carbocycles. The Kier molecular flexibility index (Phi) is 29.4. The Bertz CT molecular complexity index is 2890. The van der Waals surface area contributed by atoms with E-state index in [4.69, 9.17) is 4.74 Å². The normalized spacial score (nSPS) is 13.4. The zero-order valence-electron chi connectivity index (χ0n) is 48.6. The fourth-order valence-corrected chi connectivity index (χ4v) is 9.10.